The topological polar surface area (TPSA) is 98.4 Å². The molecule has 1 spiro atoms. The number of fused-ring (bicyclic) bond motifs is 2. The fourth-order valence-corrected chi connectivity index (χ4v) is 6.69. The van der Waals surface area contributed by atoms with Crippen LogP contribution in [0.25, 0.3) is 5.65 Å². The van der Waals surface area contributed by atoms with Crippen LogP contribution in [0.1, 0.15) is 35.7 Å². The highest BCUT2D eigenvalue weighted by atomic mass is 35.5. The lowest BCUT2D eigenvalue weighted by atomic mass is 9.73. The zero-order valence-electron chi connectivity index (χ0n) is 18.9. The van der Waals surface area contributed by atoms with Crippen molar-refractivity contribution < 1.29 is 0 Å². The Morgan fingerprint density at radius 2 is 1.91 bits per heavy atom. The van der Waals surface area contributed by atoms with Crippen LogP contribution in [-0.4, -0.2) is 32.4 Å². The third kappa shape index (κ3) is 3.35. The van der Waals surface area contributed by atoms with Gasteiger partial charge in [0.15, 0.2) is 5.65 Å². The zero-order chi connectivity index (χ0) is 23.4. The first kappa shape index (κ1) is 21.7. The van der Waals surface area contributed by atoms with E-state index in [1.54, 1.807) is 6.20 Å². The van der Waals surface area contributed by atoms with E-state index in [2.05, 4.69) is 43.5 Å². The Morgan fingerprint density at radius 3 is 2.71 bits per heavy atom. The summed E-state index contributed by atoms with van der Waals surface area (Å²) in [5.41, 5.74) is 17.3. The molecule has 3 aromatic heterocycles. The number of piperidine rings is 1. The van der Waals surface area contributed by atoms with Crippen LogP contribution in [0.5, 0.6) is 0 Å². The van der Waals surface area contributed by atoms with Gasteiger partial charge in [-0.2, -0.15) is 0 Å². The second kappa shape index (κ2) is 8.15. The van der Waals surface area contributed by atoms with Crippen molar-refractivity contribution in [1.29, 1.82) is 0 Å². The van der Waals surface area contributed by atoms with Crippen LogP contribution in [-0.2, 0) is 6.42 Å². The van der Waals surface area contributed by atoms with E-state index in [9.17, 15) is 0 Å². The number of aryl methyl sites for hydroxylation is 1. The van der Waals surface area contributed by atoms with Gasteiger partial charge in [0.2, 0.25) is 5.95 Å². The van der Waals surface area contributed by atoms with Crippen LogP contribution in [0.4, 0.5) is 11.8 Å². The van der Waals surface area contributed by atoms with E-state index in [-0.39, 0.29) is 11.5 Å². The maximum Gasteiger partial charge on any atom is 0.211 e. The van der Waals surface area contributed by atoms with Crippen molar-refractivity contribution in [2.24, 2.45) is 11.1 Å². The molecule has 0 saturated carbocycles. The Morgan fingerprint density at radius 1 is 1.12 bits per heavy atom. The number of benzene rings is 1. The highest BCUT2D eigenvalue weighted by Crippen LogP contribution is 2.51. The summed E-state index contributed by atoms with van der Waals surface area (Å²) in [6, 6.07) is 10.6. The van der Waals surface area contributed by atoms with E-state index in [4.69, 9.17) is 28.1 Å². The Kier molecular flexibility index (Phi) is 5.20. The number of pyridine rings is 1. The van der Waals surface area contributed by atoms with Gasteiger partial charge in [-0.25, -0.2) is 15.0 Å². The SMILES string of the molecule is Cc1nc(N2CCC3(CC2)Cc2ccccc2[C@H]3N)n2ccnc2c1Sc1ccnc(N)c1Cl. The van der Waals surface area contributed by atoms with Crippen LogP contribution in [0.15, 0.2) is 58.7 Å². The lowest BCUT2D eigenvalue weighted by molar-refractivity contribution is 0.186. The highest BCUT2D eigenvalue weighted by Gasteiger charge is 2.46. The largest absolute Gasteiger partial charge is 0.382 e. The molecule has 9 heteroatoms. The minimum absolute atomic E-state index is 0.102. The molecule has 1 aromatic carbocycles. The minimum atomic E-state index is 0.102. The maximum atomic E-state index is 6.78. The summed E-state index contributed by atoms with van der Waals surface area (Å²) in [5.74, 6) is 1.25. The van der Waals surface area contributed by atoms with Gasteiger partial charge < -0.3 is 16.4 Å². The van der Waals surface area contributed by atoms with E-state index < -0.39 is 0 Å². The first-order valence-electron chi connectivity index (χ1n) is 11.5. The van der Waals surface area contributed by atoms with Gasteiger partial charge in [0, 0.05) is 42.6 Å². The van der Waals surface area contributed by atoms with E-state index in [0.29, 0.717) is 10.8 Å². The Bertz CT molecular complexity index is 1390. The lowest BCUT2D eigenvalue weighted by Gasteiger charge is -2.42. The fraction of sp³-hybridized carbons (Fsp3) is 0.320. The molecule has 1 aliphatic carbocycles. The van der Waals surface area contributed by atoms with Crippen LogP contribution < -0.4 is 16.4 Å². The maximum absolute atomic E-state index is 6.78. The Hall–Kier alpha value is -2.81. The number of hydrogen-bond donors (Lipinski definition) is 2. The van der Waals surface area contributed by atoms with Crippen molar-refractivity contribution in [3.05, 3.63) is 70.8 Å². The average Bonchev–Trinajstić information content (AvgIpc) is 3.43. The molecule has 1 atom stereocenters. The minimum Gasteiger partial charge on any atom is -0.382 e. The molecule has 4 N–H and O–H groups in total. The molecule has 1 fully saturated rings. The standard InChI is InChI=1S/C25H26ClN7S/c1-15-20(34-18-6-9-29-22(28)19(18)26)23-30-10-13-33(23)24(31-15)32-11-7-25(8-12-32)14-16-4-2-3-5-17(16)21(25)27/h2-6,9-10,13,21H,7-8,11-12,14,27H2,1H3,(H2,28,29)/t21-/m1/s1. The average molecular weight is 492 g/mol. The van der Waals surface area contributed by atoms with Crippen molar-refractivity contribution in [3.8, 4) is 0 Å². The van der Waals surface area contributed by atoms with Crippen molar-refractivity contribution >= 4 is 40.8 Å². The van der Waals surface area contributed by atoms with Gasteiger partial charge in [-0.15, -0.1) is 0 Å². The smallest absolute Gasteiger partial charge is 0.211 e. The third-order valence-corrected chi connectivity index (χ3v) is 9.13. The highest BCUT2D eigenvalue weighted by molar-refractivity contribution is 7.99. The number of hydrogen-bond acceptors (Lipinski definition) is 7. The summed E-state index contributed by atoms with van der Waals surface area (Å²) in [4.78, 5) is 17.9. The first-order chi connectivity index (χ1) is 16.5. The number of nitrogen functional groups attached to an aromatic ring is 1. The van der Waals surface area contributed by atoms with Crippen molar-refractivity contribution in [2.75, 3.05) is 23.7 Å². The van der Waals surface area contributed by atoms with Gasteiger partial charge in [0.25, 0.3) is 0 Å². The number of rotatable bonds is 3. The molecular formula is C25H26ClN7S. The molecular weight excluding hydrogens is 466 g/mol. The molecule has 0 unspecified atom stereocenters. The van der Waals surface area contributed by atoms with Crippen LogP contribution in [0, 0.1) is 12.3 Å². The molecule has 174 valence electrons. The molecule has 0 radical (unpaired) electrons. The second-order valence-corrected chi connectivity index (χ2v) is 10.7. The number of aromatic nitrogens is 4. The first-order valence-corrected chi connectivity index (χ1v) is 12.7. The molecule has 6 rings (SSSR count). The monoisotopic (exact) mass is 491 g/mol. The van der Waals surface area contributed by atoms with Crippen LogP contribution in [0.2, 0.25) is 5.02 Å². The van der Waals surface area contributed by atoms with Crippen LogP contribution in [0.3, 0.4) is 0 Å². The summed E-state index contributed by atoms with van der Waals surface area (Å²) in [7, 11) is 0. The van der Waals surface area contributed by atoms with Gasteiger partial charge in [-0.05, 0) is 48.8 Å². The number of imidazole rings is 1. The fourth-order valence-electron chi connectivity index (χ4n) is 5.48. The van der Waals surface area contributed by atoms with Gasteiger partial charge in [0.1, 0.15) is 5.82 Å². The summed E-state index contributed by atoms with van der Waals surface area (Å²) < 4.78 is 2.08. The number of halogens is 1. The summed E-state index contributed by atoms with van der Waals surface area (Å²) in [6.07, 6.45) is 8.62. The predicted molar refractivity (Wildman–Crippen MR) is 136 cm³/mol. The molecule has 0 bridgehead atoms. The van der Waals surface area contributed by atoms with Gasteiger partial charge in [-0.3, -0.25) is 4.40 Å². The molecule has 4 heterocycles. The van der Waals surface area contributed by atoms with Crippen molar-refractivity contribution in [1.82, 2.24) is 19.4 Å². The predicted octanol–water partition coefficient (Wildman–Crippen LogP) is 4.66. The van der Waals surface area contributed by atoms with E-state index in [0.717, 1.165) is 59.4 Å². The molecule has 1 saturated heterocycles. The molecule has 0 amide bonds. The molecule has 7 nitrogen and oxygen atoms in total. The molecule has 1 aliphatic heterocycles. The molecule has 4 aromatic rings. The Labute approximate surface area is 207 Å². The third-order valence-electron chi connectivity index (χ3n) is 7.38. The summed E-state index contributed by atoms with van der Waals surface area (Å²) >= 11 is 7.92. The van der Waals surface area contributed by atoms with Gasteiger partial charge >= 0.3 is 0 Å². The lowest BCUT2D eigenvalue weighted by Crippen LogP contribution is -2.45. The zero-order valence-corrected chi connectivity index (χ0v) is 20.5. The number of nitrogens with zero attached hydrogens (tertiary/aromatic N) is 5. The number of nitrogens with two attached hydrogens (primary N) is 2. The van der Waals surface area contributed by atoms with Gasteiger partial charge in [0.05, 0.1) is 15.6 Å². The number of anilines is 2. The summed E-state index contributed by atoms with van der Waals surface area (Å²) in [6.45, 7) is 3.86. The van der Waals surface area contributed by atoms with E-state index >= 15 is 0 Å². The van der Waals surface area contributed by atoms with Crippen molar-refractivity contribution in [3.63, 3.8) is 0 Å². The molecule has 2 aliphatic rings. The normalized spacial score (nSPS) is 19.1. The quantitative estimate of drug-likeness (QED) is 0.430. The van der Waals surface area contributed by atoms with Gasteiger partial charge in [-0.1, -0.05) is 47.6 Å². The van der Waals surface area contributed by atoms with Crippen LogP contribution >= 0.6 is 23.4 Å². The Balaban J connectivity index is 1.29. The van der Waals surface area contributed by atoms with Crippen molar-refractivity contribution in [2.45, 2.75) is 42.0 Å². The van der Waals surface area contributed by atoms with E-state index in [1.165, 1.54) is 22.9 Å². The molecule has 34 heavy (non-hydrogen) atoms. The summed E-state index contributed by atoms with van der Waals surface area (Å²) in [5, 5.41) is 0.455. The second-order valence-electron chi connectivity index (χ2n) is 9.26. The van der Waals surface area contributed by atoms with E-state index in [1.807, 2.05) is 25.4 Å².